The maximum Gasteiger partial charge on any atom is 0.0837 e. The quantitative estimate of drug-likeness (QED) is 0.700. The van der Waals surface area contributed by atoms with Crippen molar-refractivity contribution in [1.82, 2.24) is 0 Å². The largest absolute Gasteiger partial charge is 0.370 e. The van der Waals surface area contributed by atoms with Crippen molar-refractivity contribution >= 4 is 26.3 Å². The topological polar surface area (TPSA) is 21.6 Å². The Morgan fingerprint density at radius 2 is 2.36 bits per heavy atom. The molecule has 1 unspecified atom stereocenters. The van der Waals surface area contributed by atoms with Crippen LogP contribution in [0.2, 0.25) is 0 Å². The smallest absolute Gasteiger partial charge is 0.0837 e. The summed E-state index contributed by atoms with van der Waals surface area (Å²) >= 11 is 2.26. The van der Waals surface area contributed by atoms with E-state index in [1.54, 1.807) is 0 Å². The van der Waals surface area contributed by atoms with E-state index in [-0.39, 0.29) is 0 Å². The van der Waals surface area contributed by atoms with Crippen LogP contribution in [-0.2, 0) is 4.74 Å². The van der Waals surface area contributed by atoms with Crippen LogP contribution in [0.25, 0.3) is 0 Å². The maximum absolute atomic E-state index is 5.70. The molecule has 2 rings (SSSR count). The van der Waals surface area contributed by atoms with E-state index in [0.29, 0.717) is 12.2 Å². The fraction of sp³-hybridized carbons (Fsp3) is 0.625. The Hall–Kier alpha value is 0.1000. The van der Waals surface area contributed by atoms with Gasteiger partial charge in [-0.3, -0.25) is 4.99 Å². The van der Waals surface area contributed by atoms with E-state index in [1.807, 2.05) is 12.3 Å². The zero-order valence-corrected chi connectivity index (χ0v) is 8.32. The van der Waals surface area contributed by atoms with Gasteiger partial charge in [0, 0.05) is 12.6 Å². The molecule has 0 spiro atoms. The van der Waals surface area contributed by atoms with Crippen molar-refractivity contribution in [2.45, 2.75) is 31.5 Å². The molecule has 0 aromatic heterocycles. The van der Waals surface area contributed by atoms with Gasteiger partial charge in [-0.25, -0.2) is 0 Å². The third-order valence-electron chi connectivity index (χ3n) is 1.78. The van der Waals surface area contributed by atoms with Crippen LogP contribution in [0.1, 0.15) is 19.3 Å². The molecule has 1 aliphatic heterocycles. The highest BCUT2D eigenvalue weighted by molar-refractivity contribution is 14.1. The molecule has 11 heavy (non-hydrogen) atoms. The van der Waals surface area contributed by atoms with E-state index < -0.39 is 0 Å². The van der Waals surface area contributed by atoms with Crippen molar-refractivity contribution in [3.8, 4) is 0 Å². The van der Waals surface area contributed by atoms with Gasteiger partial charge in [-0.15, -0.1) is 0 Å². The van der Waals surface area contributed by atoms with E-state index >= 15 is 0 Å². The zero-order valence-electron chi connectivity index (χ0n) is 6.16. The van der Waals surface area contributed by atoms with Crippen molar-refractivity contribution in [2.24, 2.45) is 4.99 Å². The molecule has 0 aromatic rings. The molecule has 0 amide bonds. The average Bonchev–Trinajstić information content (AvgIpc) is 2.71. The molecule has 0 radical (unpaired) electrons. The first-order chi connectivity index (χ1) is 5.34. The predicted octanol–water partition coefficient (Wildman–Crippen LogP) is 2.28. The molecule has 0 aromatic carbocycles. The number of rotatable bonds is 2. The third-order valence-corrected chi connectivity index (χ3v) is 2.50. The molecule has 0 N–H and O–H groups in total. The van der Waals surface area contributed by atoms with Crippen molar-refractivity contribution < 1.29 is 4.74 Å². The molecular formula is C8H10INO. The van der Waals surface area contributed by atoms with Crippen LogP contribution < -0.4 is 0 Å². The van der Waals surface area contributed by atoms with Crippen LogP contribution in [0.3, 0.4) is 0 Å². The van der Waals surface area contributed by atoms with Gasteiger partial charge in [0.15, 0.2) is 0 Å². The number of nitrogens with zero attached hydrogens (tertiary/aromatic N) is 1. The van der Waals surface area contributed by atoms with Gasteiger partial charge in [-0.05, 0) is 41.5 Å². The summed E-state index contributed by atoms with van der Waals surface area (Å²) in [7, 11) is 0. The lowest BCUT2D eigenvalue weighted by Gasteiger charge is -2.14. The van der Waals surface area contributed by atoms with Crippen molar-refractivity contribution in [3.63, 3.8) is 0 Å². The normalized spacial score (nSPS) is 30.3. The number of hydrogen-bond acceptors (Lipinski definition) is 2. The van der Waals surface area contributed by atoms with Crippen LogP contribution in [0, 0.1) is 0 Å². The van der Waals surface area contributed by atoms with E-state index in [0.717, 1.165) is 10.1 Å². The summed E-state index contributed by atoms with van der Waals surface area (Å²) in [5.74, 6) is 0. The summed E-state index contributed by atoms with van der Waals surface area (Å²) in [5, 5.41) is 0. The summed E-state index contributed by atoms with van der Waals surface area (Å²) in [5.41, 5.74) is 0. The Morgan fingerprint density at radius 1 is 1.55 bits per heavy atom. The molecule has 60 valence electrons. The Labute approximate surface area is 79.9 Å². The van der Waals surface area contributed by atoms with Crippen molar-refractivity contribution in [3.05, 3.63) is 12.3 Å². The minimum absolute atomic E-state index is 0.298. The second kappa shape index (κ2) is 3.23. The summed E-state index contributed by atoms with van der Waals surface area (Å²) in [6, 6.07) is 0. The Balaban J connectivity index is 1.86. The zero-order chi connectivity index (χ0) is 7.68. The molecule has 0 saturated heterocycles. The molecule has 1 fully saturated rings. The Morgan fingerprint density at radius 3 is 3.00 bits per heavy atom. The summed E-state index contributed by atoms with van der Waals surface area (Å²) in [6.07, 6.45) is 8.20. The van der Waals surface area contributed by atoms with Gasteiger partial charge in [0.1, 0.15) is 0 Å². The second-order valence-corrected chi connectivity index (χ2v) is 4.17. The van der Waals surface area contributed by atoms with Crippen LogP contribution >= 0.6 is 22.6 Å². The van der Waals surface area contributed by atoms with E-state index in [2.05, 4.69) is 27.6 Å². The van der Waals surface area contributed by atoms with Gasteiger partial charge in [-0.1, -0.05) is 0 Å². The van der Waals surface area contributed by atoms with Crippen LogP contribution in [0.5, 0.6) is 0 Å². The number of aliphatic imine (C=N–C) groups is 1. The van der Waals surface area contributed by atoms with Gasteiger partial charge in [0.05, 0.1) is 15.9 Å². The van der Waals surface area contributed by atoms with E-state index in [4.69, 9.17) is 4.74 Å². The summed E-state index contributed by atoms with van der Waals surface area (Å²) in [4.78, 5) is 4.15. The predicted molar refractivity (Wildman–Crippen MR) is 53.1 cm³/mol. The first kappa shape index (κ1) is 7.73. The van der Waals surface area contributed by atoms with E-state index in [1.165, 1.54) is 12.8 Å². The highest BCUT2D eigenvalue weighted by atomic mass is 127. The number of ether oxygens (including phenoxy) is 1. The third kappa shape index (κ3) is 2.27. The number of hydrogen-bond donors (Lipinski definition) is 0. The van der Waals surface area contributed by atoms with Gasteiger partial charge >= 0.3 is 0 Å². The van der Waals surface area contributed by atoms with Gasteiger partial charge in [0.2, 0.25) is 0 Å². The summed E-state index contributed by atoms with van der Waals surface area (Å²) in [6.45, 7) is 0. The van der Waals surface area contributed by atoms with Gasteiger partial charge in [-0.2, -0.15) is 0 Å². The molecule has 2 aliphatic rings. The first-order valence-electron chi connectivity index (χ1n) is 3.89. The fourth-order valence-electron chi connectivity index (χ4n) is 1.05. The average molecular weight is 263 g/mol. The molecule has 0 bridgehead atoms. The van der Waals surface area contributed by atoms with Gasteiger partial charge < -0.3 is 4.74 Å². The van der Waals surface area contributed by atoms with Crippen molar-refractivity contribution in [1.29, 1.82) is 0 Å². The van der Waals surface area contributed by atoms with Crippen LogP contribution in [0.4, 0.5) is 0 Å². The minimum atomic E-state index is 0.298. The Bertz CT molecular complexity index is 208. The minimum Gasteiger partial charge on any atom is -0.370 e. The molecule has 1 atom stereocenters. The highest BCUT2D eigenvalue weighted by Gasteiger charge is 2.26. The van der Waals surface area contributed by atoms with E-state index in [9.17, 15) is 0 Å². The molecular weight excluding hydrogens is 253 g/mol. The molecule has 1 heterocycles. The first-order valence-corrected chi connectivity index (χ1v) is 4.97. The van der Waals surface area contributed by atoms with Gasteiger partial charge in [0.25, 0.3) is 0 Å². The number of halogens is 1. The second-order valence-electron chi connectivity index (χ2n) is 2.92. The molecule has 2 nitrogen and oxygen atoms in total. The lowest BCUT2D eigenvalue weighted by molar-refractivity contribution is 0.0756. The molecule has 1 saturated carbocycles. The lowest BCUT2D eigenvalue weighted by atomic mass is 10.2. The standard InChI is InChI=1S/C8H10INO/c9-8-5-7(3-4-10-8)11-6-1-2-6/h3-4,6-7H,1-2,5H2. The van der Waals surface area contributed by atoms with Crippen LogP contribution in [0.15, 0.2) is 17.3 Å². The lowest BCUT2D eigenvalue weighted by Crippen LogP contribution is -2.16. The van der Waals surface area contributed by atoms with Crippen molar-refractivity contribution in [2.75, 3.05) is 0 Å². The molecule has 1 aliphatic carbocycles. The van der Waals surface area contributed by atoms with Crippen LogP contribution in [-0.4, -0.2) is 15.9 Å². The fourth-order valence-corrected chi connectivity index (χ4v) is 1.65. The summed E-state index contributed by atoms with van der Waals surface area (Å²) < 4.78 is 6.85. The Kier molecular flexibility index (Phi) is 2.27. The molecule has 3 heteroatoms. The monoisotopic (exact) mass is 263 g/mol. The SMILES string of the molecule is IC1=NC=CC(OC2CC2)C1. The highest BCUT2D eigenvalue weighted by Crippen LogP contribution is 2.27. The maximum atomic E-state index is 5.70.